The molecule has 0 radical (unpaired) electrons. The number of halogens is 1. The third-order valence-electron chi connectivity index (χ3n) is 3.47. The quantitative estimate of drug-likeness (QED) is 0.756. The third kappa shape index (κ3) is 5.30. The largest absolute Gasteiger partial charge is 0.459 e. The Bertz CT molecular complexity index is 457. The minimum Gasteiger partial charge on any atom is -0.459 e. The molecule has 116 valence electrons. The molecule has 1 aliphatic rings. The first-order valence-electron chi connectivity index (χ1n) is 7.30. The fourth-order valence-electron chi connectivity index (χ4n) is 2.14. The molecule has 1 heterocycles. The number of esters is 1. The maximum Gasteiger partial charge on any atom is 0.335 e. The molecule has 0 aliphatic carbocycles. The van der Waals surface area contributed by atoms with Gasteiger partial charge in [0, 0.05) is 17.2 Å². The number of benzene rings is 1. The highest BCUT2D eigenvalue weighted by atomic mass is 35.5. The van der Waals surface area contributed by atoms with Gasteiger partial charge in [-0.15, -0.1) is 0 Å². The van der Waals surface area contributed by atoms with E-state index in [1.54, 1.807) is 13.0 Å². The van der Waals surface area contributed by atoms with E-state index in [1.807, 2.05) is 18.2 Å². The van der Waals surface area contributed by atoms with Crippen LogP contribution in [0.25, 0.3) is 0 Å². The molecule has 1 saturated heterocycles. The third-order valence-corrected chi connectivity index (χ3v) is 3.83. The van der Waals surface area contributed by atoms with Gasteiger partial charge < -0.3 is 14.2 Å². The van der Waals surface area contributed by atoms with Gasteiger partial charge in [-0.1, -0.05) is 29.8 Å². The van der Waals surface area contributed by atoms with E-state index in [-0.39, 0.29) is 18.7 Å². The van der Waals surface area contributed by atoms with Crippen LogP contribution in [-0.4, -0.2) is 31.4 Å². The van der Waals surface area contributed by atoms with Crippen molar-refractivity contribution in [1.82, 2.24) is 0 Å². The van der Waals surface area contributed by atoms with E-state index in [2.05, 4.69) is 0 Å². The van der Waals surface area contributed by atoms with Gasteiger partial charge in [0.05, 0.1) is 12.7 Å². The van der Waals surface area contributed by atoms with Crippen LogP contribution in [0.15, 0.2) is 24.3 Å². The lowest BCUT2D eigenvalue weighted by molar-refractivity contribution is -0.160. The topological polar surface area (TPSA) is 44.8 Å². The van der Waals surface area contributed by atoms with Crippen LogP contribution in [0, 0.1) is 0 Å². The Kier molecular flexibility index (Phi) is 6.49. The minimum absolute atomic E-state index is 0.0950. The SMILES string of the molecule is CC(OCC1CCCCO1)C(=O)OCc1ccccc1Cl. The van der Waals surface area contributed by atoms with Gasteiger partial charge in [-0.3, -0.25) is 0 Å². The Hall–Kier alpha value is -1.10. The summed E-state index contributed by atoms with van der Waals surface area (Å²) in [6, 6.07) is 7.29. The summed E-state index contributed by atoms with van der Waals surface area (Å²) < 4.78 is 16.3. The van der Waals surface area contributed by atoms with Gasteiger partial charge in [0.25, 0.3) is 0 Å². The van der Waals surface area contributed by atoms with Crippen molar-refractivity contribution in [2.45, 2.75) is 45.0 Å². The van der Waals surface area contributed by atoms with Crippen LogP contribution in [0.3, 0.4) is 0 Å². The van der Waals surface area contributed by atoms with Crippen LogP contribution in [-0.2, 0) is 25.6 Å². The minimum atomic E-state index is -0.599. The van der Waals surface area contributed by atoms with Crippen LogP contribution in [0.4, 0.5) is 0 Å². The zero-order chi connectivity index (χ0) is 15.1. The summed E-state index contributed by atoms with van der Waals surface area (Å²) in [5.41, 5.74) is 0.787. The summed E-state index contributed by atoms with van der Waals surface area (Å²) in [6.45, 7) is 3.06. The summed E-state index contributed by atoms with van der Waals surface area (Å²) in [6.07, 6.45) is 2.74. The first-order valence-corrected chi connectivity index (χ1v) is 7.68. The number of rotatable bonds is 6. The second-order valence-corrected chi connectivity index (χ2v) is 5.57. The number of hydrogen-bond donors (Lipinski definition) is 0. The summed E-state index contributed by atoms with van der Waals surface area (Å²) in [5, 5.41) is 0.592. The van der Waals surface area contributed by atoms with Crippen molar-refractivity contribution in [1.29, 1.82) is 0 Å². The molecule has 0 bridgehead atoms. The molecule has 5 heteroatoms. The van der Waals surface area contributed by atoms with Gasteiger partial charge in [0.2, 0.25) is 0 Å². The van der Waals surface area contributed by atoms with E-state index in [1.165, 1.54) is 0 Å². The Balaban J connectivity index is 1.71. The molecule has 0 spiro atoms. The van der Waals surface area contributed by atoms with Crippen molar-refractivity contribution in [3.63, 3.8) is 0 Å². The molecule has 1 aromatic rings. The fourth-order valence-corrected chi connectivity index (χ4v) is 2.33. The normalized spacial score (nSPS) is 20.0. The maximum absolute atomic E-state index is 11.9. The standard InChI is InChI=1S/C16H21ClO4/c1-12(20-11-14-7-4-5-9-19-14)16(18)21-10-13-6-2-3-8-15(13)17/h2-3,6,8,12,14H,4-5,7,9-11H2,1H3. The van der Waals surface area contributed by atoms with E-state index in [0.29, 0.717) is 11.6 Å². The number of hydrogen-bond acceptors (Lipinski definition) is 4. The zero-order valence-electron chi connectivity index (χ0n) is 12.2. The first-order chi connectivity index (χ1) is 10.2. The van der Waals surface area contributed by atoms with Crippen LogP contribution >= 0.6 is 11.6 Å². The average Bonchev–Trinajstić information content (AvgIpc) is 2.52. The average molecular weight is 313 g/mol. The molecule has 21 heavy (non-hydrogen) atoms. The second kappa shape index (κ2) is 8.37. The molecule has 0 amide bonds. The molecule has 0 N–H and O–H groups in total. The van der Waals surface area contributed by atoms with Gasteiger partial charge in [-0.2, -0.15) is 0 Å². The van der Waals surface area contributed by atoms with Gasteiger partial charge >= 0.3 is 5.97 Å². The fraction of sp³-hybridized carbons (Fsp3) is 0.562. The number of ether oxygens (including phenoxy) is 3. The van der Waals surface area contributed by atoms with Crippen LogP contribution < -0.4 is 0 Å². The smallest absolute Gasteiger partial charge is 0.335 e. The zero-order valence-corrected chi connectivity index (χ0v) is 13.0. The summed E-state index contributed by atoms with van der Waals surface area (Å²) in [5.74, 6) is -0.384. The molecule has 1 aliphatic heterocycles. The van der Waals surface area contributed by atoms with Crippen molar-refractivity contribution in [2.24, 2.45) is 0 Å². The van der Waals surface area contributed by atoms with Crippen molar-refractivity contribution in [2.75, 3.05) is 13.2 Å². The Labute approximate surface area is 130 Å². The predicted molar refractivity (Wildman–Crippen MR) is 80.3 cm³/mol. The van der Waals surface area contributed by atoms with Crippen molar-refractivity contribution in [3.05, 3.63) is 34.9 Å². The maximum atomic E-state index is 11.9. The van der Waals surface area contributed by atoms with Crippen LogP contribution in [0.2, 0.25) is 5.02 Å². The van der Waals surface area contributed by atoms with E-state index >= 15 is 0 Å². The van der Waals surface area contributed by atoms with E-state index < -0.39 is 6.10 Å². The number of carbonyl (C=O) groups excluding carboxylic acids is 1. The Morgan fingerprint density at radius 1 is 1.43 bits per heavy atom. The lowest BCUT2D eigenvalue weighted by Gasteiger charge is -2.23. The molecule has 1 fully saturated rings. The Morgan fingerprint density at radius 2 is 2.24 bits per heavy atom. The summed E-state index contributed by atoms with van der Waals surface area (Å²) in [4.78, 5) is 11.9. The molecule has 0 aromatic heterocycles. The van der Waals surface area contributed by atoms with Gasteiger partial charge in [-0.25, -0.2) is 4.79 Å². The summed E-state index contributed by atoms with van der Waals surface area (Å²) >= 11 is 6.01. The molecule has 2 rings (SSSR count). The molecule has 4 nitrogen and oxygen atoms in total. The van der Waals surface area contributed by atoms with Gasteiger partial charge in [0.1, 0.15) is 6.61 Å². The highest BCUT2D eigenvalue weighted by Crippen LogP contribution is 2.17. The molecule has 1 aromatic carbocycles. The Morgan fingerprint density at radius 3 is 2.95 bits per heavy atom. The van der Waals surface area contributed by atoms with Crippen molar-refractivity contribution < 1.29 is 19.0 Å². The van der Waals surface area contributed by atoms with Crippen molar-refractivity contribution >= 4 is 17.6 Å². The van der Waals surface area contributed by atoms with Crippen LogP contribution in [0.5, 0.6) is 0 Å². The molecule has 2 atom stereocenters. The van der Waals surface area contributed by atoms with Crippen LogP contribution in [0.1, 0.15) is 31.7 Å². The lowest BCUT2D eigenvalue weighted by Crippen LogP contribution is -2.30. The van der Waals surface area contributed by atoms with Crippen molar-refractivity contribution in [3.8, 4) is 0 Å². The predicted octanol–water partition coefficient (Wildman–Crippen LogP) is 3.36. The number of carbonyl (C=O) groups is 1. The summed E-state index contributed by atoms with van der Waals surface area (Å²) in [7, 11) is 0. The van der Waals surface area contributed by atoms with Gasteiger partial charge in [0.15, 0.2) is 6.10 Å². The van der Waals surface area contributed by atoms with E-state index in [4.69, 9.17) is 25.8 Å². The highest BCUT2D eigenvalue weighted by molar-refractivity contribution is 6.31. The first kappa shape index (κ1) is 16.3. The van der Waals surface area contributed by atoms with E-state index in [9.17, 15) is 4.79 Å². The van der Waals surface area contributed by atoms with Gasteiger partial charge in [-0.05, 0) is 32.3 Å². The molecular formula is C16H21ClO4. The molecule has 2 unspecified atom stereocenters. The second-order valence-electron chi connectivity index (χ2n) is 5.16. The molecular weight excluding hydrogens is 292 g/mol. The van der Waals surface area contributed by atoms with E-state index in [0.717, 1.165) is 31.4 Å². The lowest BCUT2D eigenvalue weighted by atomic mass is 10.1. The molecule has 0 saturated carbocycles. The monoisotopic (exact) mass is 312 g/mol. The highest BCUT2D eigenvalue weighted by Gasteiger charge is 2.20.